The molecular formula is C13H10ClFO2. The number of aromatic hydroxyl groups is 1. The van der Waals surface area contributed by atoms with Crippen molar-refractivity contribution in [2.75, 3.05) is 0 Å². The Bertz CT molecular complexity index is 529. The van der Waals surface area contributed by atoms with E-state index >= 15 is 0 Å². The molecule has 4 heteroatoms. The van der Waals surface area contributed by atoms with Gasteiger partial charge in [-0.15, -0.1) is 0 Å². The van der Waals surface area contributed by atoms with Crippen LogP contribution < -0.4 is 4.74 Å². The molecule has 0 bridgehead atoms. The van der Waals surface area contributed by atoms with Crippen LogP contribution in [0.2, 0.25) is 5.02 Å². The molecule has 2 aromatic carbocycles. The fourth-order valence-corrected chi connectivity index (χ4v) is 1.57. The van der Waals surface area contributed by atoms with Gasteiger partial charge in [0.1, 0.15) is 12.4 Å². The Morgan fingerprint density at radius 2 is 1.94 bits per heavy atom. The van der Waals surface area contributed by atoms with E-state index in [1.165, 1.54) is 12.1 Å². The van der Waals surface area contributed by atoms with Crippen LogP contribution in [0.3, 0.4) is 0 Å². The highest BCUT2D eigenvalue weighted by atomic mass is 35.5. The second kappa shape index (κ2) is 5.06. The molecule has 0 aliphatic heterocycles. The van der Waals surface area contributed by atoms with E-state index in [4.69, 9.17) is 16.3 Å². The van der Waals surface area contributed by atoms with Crippen molar-refractivity contribution in [1.29, 1.82) is 0 Å². The first-order chi connectivity index (χ1) is 8.16. The topological polar surface area (TPSA) is 29.5 Å². The number of benzene rings is 2. The maximum absolute atomic E-state index is 13.2. The Morgan fingerprint density at radius 1 is 1.18 bits per heavy atom. The van der Waals surface area contributed by atoms with Gasteiger partial charge in [-0.3, -0.25) is 0 Å². The van der Waals surface area contributed by atoms with Crippen LogP contribution in [0.25, 0.3) is 0 Å². The van der Waals surface area contributed by atoms with Gasteiger partial charge < -0.3 is 9.84 Å². The van der Waals surface area contributed by atoms with E-state index in [1.54, 1.807) is 30.3 Å². The molecule has 0 radical (unpaired) electrons. The van der Waals surface area contributed by atoms with Crippen molar-refractivity contribution in [3.8, 4) is 11.5 Å². The van der Waals surface area contributed by atoms with Crippen molar-refractivity contribution < 1.29 is 14.2 Å². The van der Waals surface area contributed by atoms with Crippen molar-refractivity contribution in [3.63, 3.8) is 0 Å². The Labute approximate surface area is 103 Å². The SMILES string of the molecule is Oc1ccc(COc2ccccc2F)cc1Cl. The third-order valence-electron chi connectivity index (χ3n) is 2.24. The number of ether oxygens (including phenoxy) is 1. The average molecular weight is 253 g/mol. The molecule has 1 N–H and O–H groups in total. The van der Waals surface area contributed by atoms with Crippen molar-refractivity contribution in [3.05, 3.63) is 58.9 Å². The van der Waals surface area contributed by atoms with Gasteiger partial charge in [0.25, 0.3) is 0 Å². The zero-order valence-electron chi connectivity index (χ0n) is 8.86. The summed E-state index contributed by atoms with van der Waals surface area (Å²) in [5.74, 6) is -0.199. The molecule has 0 spiro atoms. The molecule has 0 saturated carbocycles. The molecule has 0 heterocycles. The molecule has 0 fully saturated rings. The Kier molecular flexibility index (Phi) is 3.49. The fraction of sp³-hybridized carbons (Fsp3) is 0.0769. The molecule has 0 aliphatic carbocycles. The first-order valence-corrected chi connectivity index (χ1v) is 5.39. The number of halogens is 2. The maximum atomic E-state index is 13.2. The number of para-hydroxylation sites is 1. The van der Waals surface area contributed by atoms with Crippen LogP contribution in [0, 0.1) is 5.82 Å². The fourth-order valence-electron chi connectivity index (χ4n) is 1.36. The van der Waals surface area contributed by atoms with E-state index in [-0.39, 0.29) is 23.1 Å². The maximum Gasteiger partial charge on any atom is 0.165 e. The van der Waals surface area contributed by atoms with E-state index in [9.17, 15) is 9.50 Å². The van der Waals surface area contributed by atoms with E-state index in [2.05, 4.69) is 0 Å². The molecule has 0 saturated heterocycles. The molecule has 2 nitrogen and oxygen atoms in total. The largest absolute Gasteiger partial charge is 0.506 e. The summed E-state index contributed by atoms with van der Waals surface area (Å²) in [5, 5.41) is 9.49. The number of hydrogen-bond acceptors (Lipinski definition) is 2. The second-order valence-electron chi connectivity index (χ2n) is 3.50. The van der Waals surface area contributed by atoms with Crippen LogP contribution in [-0.4, -0.2) is 5.11 Å². The van der Waals surface area contributed by atoms with Gasteiger partial charge in [0.2, 0.25) is 0 Å². The average Bonchev–Trinajstić information content (AvgIpc) is 2.32. The zero-order valence-corrected chi connectivity index (χ0v) is 9.62. The highest BCUT2D eigenvalue weighted by molar-refractivity contribution is 6.32. The van der Waals surface area contributed by atoms with Crippen LogP contribution in [0.5, 0.6) is 11.5 Å². The van der Waals surface area contributed by atoms with Crippen molar-refractivity contribution in [1.82, 2.24) is 0 Å². The number of phenols is 1. The first kappa shape index (κ1) is 11.7. The number of phenolic OH excluding ortho intramolecular Hbond substituents is 1. The van der Waals surface area contributed by atoms with E-state index in [0.29, 0.717) is 0 Å². The zero-order chi connectivity index (χ0) is 12.3. The molecule has 2 rings (SSSR count). The lowest BCUT2D eigenvalue weighted by atomic mass is 10.2. The summed E-state index contributed by atoms with van der Waals surface area (Å²) in [4.78, 5) is 0. The number of hydrogen-bond donors (Lipinski definition) is 1. The van der Waals surface area contributed by atoms with Crippen molar-refractivity contribution in [2.45, 2.75) is 6.61 Å². The molecule has 0 unspecified atom stereocenters. The standard InChI is InChI=1S/C13H10ClFO2/c14-10-7-9(5-6-12(10)16)8-17-13-4-2-1-3-11(13)15/h1-7,16H,8H2. The van der Waals surface area contributed by atoms with Gasteiger partial charge in [0.05, 0.1) is 5.02 Å². The van der Waals surface area contributed by atoms with E-state index < -0.39 is 5.82 Å². The Hall–Kier alpha value is -1.74. The van der Waals surface area contributed by atoms with Crippen LogP contribution in [0.1, 0.15) is 5.56 Å². The van der Waals surface area contributed by atoms with Gasteiger partial charge in [-0.25, -0.2) is 4.39 Å². The lowest BCUT2D eigenvalue weighted by Crippen LogP contribution is -1.97. The van der Waals surface area contributed by atoms with Gasteiger partial charge >= 0.3 is 0 Å². The van der Waals surface area contributed by atoms with Gasteiger partial charge in [0.15, 0.2) is 11.6 Å². The third-order valence-corrected chi connectivity index (χ3v) is 2.55. The van der Waals surface area contributed by atoms with Crippen LogP contribution >= 0.6 is 11.6 Å². The molecule has 0 atom stereocenters. The lowest BCUT2D eigenvalue weighted by Gasteiger charge is -2.07. The van der Waals surface area contributed by atoms with Gasteiger partial charge in [0, 0.05) is 0 Å². The molecular weight excluding hydrogens is 243 g/mol. The second-order valence-corrected chi connectivity index (χ2v) is 3.91. The summed E-state index contributed by atoms with van der Waals surface area (Å²) in [7, 11) is 0. The minimum atomic E-state index is -0.405. The minimum absolute atomic E-state index is 0.0151. The summed E-state index contributed by atoms with van der Waals surface area (Å²) in [6.45, 7) is 0.195. The highest BCUT2D eigenvalue weighted by Gasteiger charge is 2.04. The Morgan fingerprint density at radius 3 is 2.65 bits per heavy atom. The van der Waals surface area contributed by atoms with Gasteiger partial charge in [-0.1, -0.05) is 29.8 Å². The third kappa shape index (κ3) is 2.88. The molecule has 2 aromatic rings. The highest BCUT2D eigenvalue weighted by Crippen LogP contribution is 2.24. The molecule has 17 heavy (non-hydrogen) atoms. The normalized spacial score (nSPS) is 10.2. The summed E-state index contributed by atoms with van der Waals surface area (Å²) < 4.78 is 18.5. The van der Waals surface area contributed by atoms with Crippen molar-refractivity contribution >= 4 is 11.6 Å². The Balaban J connectivity index is 2.08. The molecule has 88 valence electrons. The first-order valence-electron chi connectivity index (χ1n) is 5.01. The summed E-state index contributed by atoms with van der Waals surface area (Å²) >= 11 is 5.75. The van der Waals surface area contributed by atoms with E-state index in [0.717, 1.165) is 5.56 Å². The molecule has 0 aliphatic rings. The van der Waals surface area contributed by atoms with E-state index in [1.807, 2.05) is 0 Å². The minimum Gasteiger partial charge on any atom is -0.506 e. The van der Waals surface area contributed by atoms with Gasteiger partial charge in [-0.2, -0.15) is 0 Å². The van der Waals surface area contributed by atoms with Crippen molar-refractivity contribution in [2.24, 2.45) is 0 Å². The van der Waals surface area contributed by atoms with Gasteiger partial charge in [-0.05, 0) is 29.8 Å². The predicted molar refractivity (Wildman–Crippen MR) is 63.8 cm³/mol. The summed E-state index contributed by atoms with van der Waals surface area (Å²) in [6, 6.07) is 10.9. The monoisotopic (exact) mass is 252 g/mol. The molecule has 0 amide bonds. The lowest BCUT2D eigenvalue weighted by molar-refractivity contribution is 0.290. The molecule has 0 aromatic heterocycles. The smallest absolute Gasteiger partial charge is 0.165 e. The predicted octanol–water partition coefficient (Wildman–Crippen LogP) is 3.76. The quantitative estimate of drug-likeness (QED) is 0.901. The van der Waals surface area contributed by atoms with Crippen LogP contribution in [0.15, 0.2) is 42.5 Å². The summed E-state index contributed by atoms with van der Waals surface area (Å²) in [6.07, 6.45) is 0. The van der Waals surface area contributed by atoms with Crippen LogP contribution in [0.4, 0.5) is 4.39 Å². The number of rotatable bonds is 3. The van der Waals surface area contributed by atoms with Crippen LogP contribution in [-0.2, 0) is 6.61 Å². The summed E-state index contributed by atoms with van der Waals surface area (Å²) in [5.41, 5.74) is 0.760.